The molecule has 9 heteroatoms. The number of hydrogen-bond acceptors (Lipinski definition) is 3. The van der Waals surface area contributed by atoms with E-state index in [1.165, 1.54) is 30.3 Å². The number of hydrogen-bond donors (Lipinski definition) is 1. The lowest BCUT2D eigenvalue weighted by molar-refractivity contribution is -0.137. The summed E-state index contributed by atoms with van der Waals surface area (Å²) < 4.78 is 66.2. The SMILES string of the molecule is O=c1[nH]c(-c2ccc(C(F)(F)F)cc2)nc2c1CCN(Cc1c(F)cccc1F)C2. The third-order valence-electron chi connectivity index (χ3n) is 5.08. The van der Waals surface area contributed by atoms with Gasteiger partial charge in [-0.25, -0.2) is 13.8 Å². The molecule has 0 amide bonds. The van der Waals surface area contributed by atoms with Crippen LogP contribution in [0.2, 0.25) is 0 Å². The van der Waals surface area contributed by atoms with Crippen molar-refractivity contribution in [1.29, 1.82) is 0 Å². The Labute approximate surface area is 168 Å². The first kappa shape index (κ1) is 20.2. The molecule has 3 aromatic rings. The number of nitrogens with zero attached hydrogens (tertiary/aromatic N) is 2. The summed E-state index contributed by atoms with van der Waals surface area (Å²) in [5.74, 6) is -1.15. The van der Waals surface area contributed by atoms with E-state index in [0.29, 0.717) is 29.8 Å². The molecule has 0 saturated heterocycles. The maximum atomic E-state index is 14.0. The standard InChI is InChI=1S/C21H16F5N3O/c22-16-2-1-3-17(23)15(16)10-29-9-8-14-18(11-29)27-19(28-20(14)30)12-4-6-13(7-5-12)21(24,25)26/h1-7H,8-11H2,(H,27,28,30). The first-order chi connectivity index (χ1) is 14.2. The summed E-state index contributed by atoms with van der Waals surface area (Å²) in [4.78, 5) is 21.2. The van der Waals surface area contributed by atoms with E-state index >= 15 is 0 Å². The minimum atomic E-state index is -4.46. The van der Waals surface area contributed by atoms with Crippen LogP contribution in [0, 0.1) is 11.6 Å². The summed E-state index contributed by atoms with van der Waals surface area (Å²) in [6, 6.07) is 7.97. The molecule has 4 rings (SSSR count). The van der Waals surface area contributed by atoms with Crippen LogP contribution in [0.5, 0.6) is 0 Å². The predicted octanol–water partition coefficient (Wildman–Crippen LogP) is 4.29. The number of alkyl halides is 3. The molecule has 2 aromatic carbocycles. The van der Waals surface area contributed by atoms with Crippen molar-refractivity contribution in [1.82, 2.24) is 14.9 Å². The van der Waals surface area contributed by atoms with Crippen LogP contribution in [-0.2, 0) is 25.7 Å². The van der Waals surface area contributed by atoms with Crippen LogP contribution in [0.3, 0.4) is 0 Å². The van der Waals surface area contributed by atoms with Gasteiger partial charge in [0.1, 0.15) is 17.5 Å². The van der Waals surface area contributed by atoms with Crippen molar-refractivity contribution < 1.29 is 22.0 Å². The molecule has 0 unspecified atom stereocenters. The fourth-order valence-electron chi connectivity index (χ4n) is 3.49. The average molecular weight is 421 g/mol. The van der Waals surface area contributed by atoms with Crippen molar-refractivity contribution in [3.05, 3.63) is 86.8 Å². The third kappa shape index (κ3) is 3.97. The average Bonchev–Trinajstić information content (AvgIpc) is 2.70. The lowest BCUT2D eigenvalue weighted by atomic mass is 10.0. The molecule has 0 spiro atoms. The number of benzene rings is 2. The molecule has 0 saturated carbocycles. The smallest absolute Gasteiger partial charge is 0.306 e. The maximum Gasteiger partial charge on any atom is 0.416 e. The fraction of sp³-hybridized carbons (Fsp3) is 0.238. The highest BCUT2D eigenvalue weighted by atomic mass is 19.4. The molecule has 156 valence electrons. The van der Waals surface area contributed by atoms with Gasteiger partial charge in [-0.15, -0.1) is 0 Å². The van der Waals surface area contributed by atoms with Gasteiger partial charge in [-0.3, -0.25) is 9.69 Å². The minimum Gasteiger partial charge on any atom is -0.306 e. The van der Waals surface area contributed by atoms with E-state index in [-0.39, 0.29) is 30.0 Å². The maximum absolute atomic E-state index is 14.0. The zero-order valence-electron chi connectivity index (χ0n) is 15.6. The van der Waals surface area contributed by atoms with Crippen LogP contribution < -0.4 is 5.56 Å². The Morgan fingerprint density at radius 3 is 2.33 bits per heavy atom. The van der Waals surface area contributed by atoms with Gasteiger partial charge in [0.2, 0.25) is 0 Å². The van der Waals surface area contributed by atoms with E-state index in [4.69, 9.17) is 0 Å². The summed E-state index contributed by atoms with van der Waals surface area (Å²) in [6.45, 7) is 0.633. The summed E-state index contributed by atoms with van der Waals surface area (Å²) >= 11 is 0. The number of H-pyrrole nitrogens is 1. The summed E-state index contributed by atoms with van der Waals surface area (Å²) in [5, 5.41) is 0. The van der Waals surface area contributed by atoms with E-state index < -0.39 is 23.4 Å². The lowest BCUT2D eigenvalue weighted by Gasteiger charge is -2.28. The summed E-state index contributed by atoms with van der Waals surface area (Å²) in [7, 11) is 0. The van der Waals surface area contributed by atoms with Gasteiger partial charge in [0.15, 0.2) is 0 Å². The molecular weight excluding hydrogens is 405 g/mol. The van der Waals surface area contributed by atoms with Gasteiger partial charge in [0.05, 0.1) is 11.3 Å². The summed E-state index contributed by atoms with van der Waals surface area (Å²) in [6.07, 6.45) is -4.11. The van der Waals surface area contributed by atoms with E-state index in [1.54, 1.807) is 4.90 Å². The Balaban J connectivity index is 1.61. The Bertz CT molecular complexity index is 1120. The second-order valence-corrected chi connectivity index (χ2v) is 7.08. The second kappa shape index (κ2) is 7.64. The zero-order valence-corrected chi connectivity index (χ0v) is 15.6. The normalized spacial score (nSPS) is 14.6. The van der Waals surface area contributed by atoms with Crippen molar-refractivity contribution in [2.45, 2.75) is 25.7 Å². The Morgan fingerprint density at radius 2 is 1.70 bits per heavy atom. The van der Waals surface area contributed by atoms with Crippen molar-refractivity contribution >= 4 is 0 Å². The molecule has 1 aliphatic rings. The first-order valence-electron chi connectivity index (χ1n) is 9.17. The highest BCUT2D eigenvalue weighted by Crippen LogP contribution is 2.30. The van der Waals surface area contributed by atoms with Gasteiger partial charge in [0, 0.05) is 36.3 Å². The van der Waals surface area contributed by atoms with Crippen LogP contribution in [-0.4, -0.2) is 21.4 Å². The molecule has 30 heavy (non-hydrogen) atoms. The monoisotopic (exact) mass is 421 g/mol. The number of rotatable bonds is 3. The van der Waals surface area contributed by atoms with E-state index in [2.05, 4.69) is 9.97 Å². The molecule has 0 fully saturated rings. The van der Waals surface area contributed by atoms with E-state index in [0.717, 1.165) is 12.1 Å². The molecule has 0 bridgehead atoms. The first-order valence-corrected chi connectivity index (χ1v) is 9.17. The van der Waals surface area contributed by atoms with Crippen molar-refractivity contribution in [3.8, 4) is 11.4 Å². The molecule has 0 atom stereocenters. The molecule has 2 heterocycles. The van der Waals surface area contributed by atoms with Gasteiger partial charge < -0.3 is 4.98 Å². The number of halogens is 5. The van der Waals surface area contributed by atoms with Crippen molar-refractivity contribution in [2.75, 3.05) is 6.54 Å². The van der Waals surface area contributed by atoms with E-state index in [1.807, 2.05) is 0 Å². The van der Waals surface area contributed by atoms with Gasteiger partial charge in [-0.05, 0) is 30.7 Å². The van der Waals surface area contributed by atoms with Crippen LogP contribution in [0.4, 0.5) is 22.0 Å². The number of fused-ring (bicyclic) bond motifs is 1. The Hall–Kier alpha value is -3.07. The van der Waals surface area contributed by atoms with Crippen molar-refractivity contribution in [2.24, 2.45) is 0 Å². The fourth-order valence-corrected chi connectivity index (χ4v) is 3.49. The third-order valence-corrected chi connectivity index (χ3v) is 5.08. The second-order valence-electron chi connectivity index (χ2n) is 7.08. The highest BCUT2D eigenvalue weighted by molar-refractivity contribution is 5.56. The van der Waals surface area contributed by atoms with Crippen LogP contribution in [0.1, 0.15) is 22.4 Å². The highest BCUT2D eigenvalue weighted by Gasteiger charge is 2.30. The topological polar surface area (TPSA) is 49.0 Å². The number of nitrogens with one attached hydrogen (secondary N) is 1. The molecule has 4 nitrogen and oxygen atoms in total. The molecule has 0 aliphatic carbocycles. The molecular formula is C21H16F5N3O. The number of aromatic amines is 1. The van der Waals surface area contributed by atoms with E-state index in [9.17, 15) is 26.7 Å². The molecule has 1 aliphatic heterocycles. The predicted molar refractivity (Wildman–Crippen MR) is 99.5 cm³/mol. The largest absolute Gasteiger partial charge is 0.416 e. The zero-order chi connectivity index (χ0) is 21.5. The summed E-state index contributed by atoms with van der Waals surface area (Å²) in [5.41, 5.74) is 0.0118. The Morgan fingerprint density at radius 1 is 1.03 bits per heavy atom. The van der Waals surface area contributed by atoms with Gasteiger partial charge >= 0.3 is 6.18 Å². The van der Waals surface area contributed by atoms with Crippen LogP contribution in [0.15, 0.2) is 47.3 Å². The van der Waals surface area contributed by atoms with Gasteiger partial charge in [-0.2, -0.15) is 13.2 Å². The van der Waals surface area contributed by atoms with Crippen LogP contribution in [0.25, 0.3) is 11.4 Å². The number of aromatic nitrogens is 2. The lowest BCUT2D eigenvalue weighted by Crippen LogP contribution is -2.35. The van der Waals surface area contributed by atoms with Gasteiger partial charge in [-0.1, -0.05) is 18.2 Å². The molecule has 1 N–H and O–H groups in total. The molecule has 0 radical (unpaired) electrons. The van der Waals surface area contributed by atoms with Gasteiger partial charge in [0.25, 0.3) is 5.56 Å². The quantitative estimate of drug-likeness (QED) is 0.642. The molecule has 1 aromatic heterocycles. The van der Waals surface area contributed by atoms with Crippen molar-refractivity contribution in [3.63, 3.8) is 0 Å². The Kier molecular flexibility index (Phi) is 5.15. The van der Waals surface area contributed by atoms with Crippen LogP contribution >= 0.6 is 0 Å². The minimum absolute atomic E-state index is 0.0159.